The largest absolute Gasteiger partial charge is 0.463 e. The second-order valence-electron chi connectivity index (χ2n) is 2.05. The molecule has 0 aromatic carbocycles. The summed E-state index contributed by atoms with van der Waals surface area (Å²) in [5, 5.41) is 1.96. The number of thioether (sulfide) groups is 1. The SMILES string of the molecule is CCOC(=O)C1=CC=CSC1. The molecule has 2 nitrogen and oxygen atoms in total. The first-order valence-electron chi connectivity index (χ1n) is 3.49. The quantitative estimate of drug-likeness (QED) is 0.590. The molecular formula is C8H10O2S. The monoisotopic (exact) mass is 170 g/mol. The topological polar surface area (TPSA) is 26.3 Å². The highest BCUT2D eigenvalue weighted by Crippen LogP contribution is 2.15. The lowest BCUT2D eigenvalue weighted by atomic mass is 10.3. The molecule has 0 aromatic heterocycles. The Morgan fingerprint density at radius 3 is 3.18 bits per heavy atom. The zero-order valence-electron chi connectivity index (χ0n) is 6.37. The van der Waals surface area contributed by atoms with Crippen molar-refractivity contribution in [2.24, 2.45) is 0 Å². The number of esters is 1. The summed E-state index contributed by atoms with van der Waals surface area (Å²) in [5.41, 5.74) is 0.749. The number of allylic oxidation sites excluding steroid dienone is 2. The Labute approximate surface area is 70.3 Å². The molecule has 1 rings (SSSR count). The van der Waals surface area contributed by atoms with Crippen molar-refractivity contribution in [1.82, 2.24) is 0 Å². The molecule has 60 valence electrons. The molecule has 0 fully saturated rings. The zero-order chi connectivity index (χ0) is 8.10. The Bertz CT molecular complexity index is 206. The van der Waals surface area contributed by atoms with E-state index in [1.807, 2.05) is 18.4 Å². The van der Waals surface area contributed by atoms with Crippen molar-refractivity contribution in [2.75, 3.05) is 12.4 Å². The van der Waals surface area contributed by atoms with E-state index in [4.69, 9.17) is 4.74 Å². The first-order valence-corrected chi connectivity index (χ1v) is 4.54. The van der Waals surface area contributed by atoms with Crippen LogP contribution in [-0.4, -0.2) is 18.3 Å². The van der Waals surface area contributed by atoms with Crippen LogP contribution < -0.4 is 0 Å². The second-order valence-corrected chi connectivity index (χ2v) is 2.95. The predicted octanol–water partition coefficient (Wildman–Crippen LogP) is 1.74. The third-order valence-corrected chi connectivity index (χ3v) is 2.08. The lowest BCUT2D eigenvalue weighted by Crippen LogP contribution is -2.09. The molecule has 1 aliphatic heterocycles. The van der Waals surface area contributed by atoms with Crippen LogP contribution in [0.25, 0.3) is 0 Å². The van der Waals surface area contributed by atoms with Gasteiger partial charge in [-0.1, -0.05) is 12.2 Å². The average Bonchev–Trinajstić information content (AvgIpc) is 2.07. The minimum Gasteiger partial charge on any atom is -0.463 e. The van der Waals surface area contributed by atoms with E-state index in [9.17, 15) is 4.79 Å². The Morgan fingerprint density at radius 1 is 1.82 bits per heavy atom. The number of rotatable bonds is 2. The van der Waals surface area contributed by atoms with Crippen molar-refractivity contribution in [3.8, 4) is 0 Å². The van der Waals surface area contributed by atoms with Gasteiger partial charge < -0.3 is 4.74 Å². The first-order chi connectivity index (χ1) is 5.34. The van der Waals surface area contributed by atoms with Crippen LogP contribution in [0.15, 0.2) is 23.1 Å². The van der Waals surface area contributed by atoms with Crippen molar-refractivity contribution in [2.45, 2.75) is 6.92 Å². The van der Waals surface area contributed by atoms with Crippen LogP contribution in [0.4, 0.5) is 0 Å². The lowest BCUT2D eigenvalue weighted by Gasteiger charge is -2.06. The summed E-state index contributed by atoms with van der Waals surface area (Å²) in [6.45, 7) is 2.26. The molecule has 11 heavy (non-hydrogen) atoms. The summed E-state index contributed by atoms with van der Waals surface area (Å²) in [5.74, 6) is 0.541. The number of ether oxygens (including phenoxy) is 1. The summed E-state index contributed by atoms with van der Waals surface area (Å²) in [6, 6.07) is 0. The Balaban J connectivity index is 2.52. The molecule has 0 aromatic rings. The van der Waals surface area contributed by atoms with Crippen LogP contribution in [0.2, 0.25) is 0 Å². The molecule has 0 saturated heterocycles. The number of hydrogen-bond acceptors (Lipinski definition) is 3. The minimum absolute atomic E-state index is 0.190. The van der Waals surface area contributed by atoms with E-state index in [1.54, 1.807) is 17.8 Å². The van der Waals surface area contributed by atoms with Crippen molar-refractivity contribution >= 4 is 17.7 Å². The van der Waals surface area contributed by atoms with Gasteiger partial charge >= 0.3 is 5.97 Å². The summed E-state index contributed by atoms with van der Waals surface area (Å²) >= 11 is 1.61. The molecular weight excluding hydrogens is 160 g/mol. The normalized spacial score (nSPS) is 15.9. The van der Waals surface area contributed by atoms with Crippen molar-refractivity contribution in [3.63, 3.8) is 0 Å². The second kappa shape index (κ2) is 4.23. The molecule has 0 atom stereocenters. The van der Waals surface area contributed by atoms with Crippen molar-refractivity contribution < 1.29 is 9.53 Å². The molecule has 0 aliphatic carbocycles. The maximum Gasteiger partial charge on any atom is 0.334 e. The zero-order valence-corrected chi connectivity index (χ0v) is 7.19. The maximum atomic E-state index is 11.1. The highest BCUT2D eigenvalue weighted by atomic mass is 32.2. The van der Waals surface area contributed by atoms with Crippen LogP contribution in [0.1, 0.15) is 6.92 Å². The van der Waals surface area contributed by atoms with E-state index in [-0.39, 0.29) is 5.97 Å². The molecule has 0 bridgehead atoms. The fourth-order valence-electron chi connectivity index (χ4n) is 0.748. The Kier molecular flexibility index (Phi) is 3.23. The summed E-state index contributed by atoms with van der Waals surface area (Å²) in [6.07, 6.45) is 3.66. The summed E-state index contributed by atoms with van der Waals surface area (Å²) < 4.78 is 4.83. The molecule has 0 radical (unpaired) electrons. The van der Waals surface area contributed by atoms with E-state index in [0.717, 1.165) is 11.3 Å². The maximum absolute atomic E-state index is 11.1. The van der Waals surface area contributed by atoms with Crippen LogP contribution in [0, 0.1) is 0 Å². The van der Waals surface area contributed by atoms with Gasteiger partial charge in [-0.25, -0.2) is 4.79 Å². The van der Waals surface area contributed by atoms with Gasteiger partial charge in [-0.3, -0.25) is 0 Å². The molecule has 1 heterocycles. The van der Waals surface area contributed by atoms with Crippen LogP contribution in [-0.2, 0) is 9.53 Å². The highest BCUT2D eigenvalue weighted by Gasteiger charge is 2.10. The van der Waals surface area contributed by atoms with Gasteiger partial charge in [-0.15, -0.1) is 11.8 Å². The number of hydrogen-bond donors (Lipinski definition) is 0. The molecule has 1 aliphatic rings. The van der Waals surface area contributed by atoms with Gasteiger partial charge in [0.05, 0.1) is 6.61 Å². The predicted molar refractivity (Wildman–Crippen MR) is 46.3 cm³/mol. The first kappa shape index (κ1) is 8.40. The van der Waals surface area contributed by atoms with Crippen LogP contribution in [0.5, 0.6) is 0 Å². The van der Waals surface area contributed by atoms with Crippen LogP contribution in [0.3, 0.4) is 0 Å². The number of carbonyl (C=O) groups is 1. The molecule has 0 N–H and O–H groups in total. The van der Waals surface area contributed by atoms with E-state index < -0.39 is 0 Å². The van der Waals surface area contributed by atoms with E-state index in [2.05, 4.69) is 0 Å². The van der Waals surface area contributed by atoms with Crippen molar-refractivity contribution in [3.05, 3.63) is 23.1 Å². The number of carbonyl (C=O) groups excluding carboxylic acids is 1. The molecule has 0 amide bonds. The van der Waals surface area contributed by atoms with Gasteiger partial charge in [0.15, 0.2) is 0 Å². The standard InChI is InChI=1S/C8H10O2S/c1-2-10-8(9)7-4-3-5-11-6-7/h3-5H,2,6H2,1H3. The molecule has 0 spiro atoms. The lowest BCUT2D eigenvalue weighted by molar-refractivity contribution is -0.138. The summed E-state index contributed by atoms with van der Waals surface area (Å²) in [4.78, 5) is 11.1. The third-order valence-electron chi connectivity index (χ3n) is 1.25. The molecule has 0 unspecified atom stereocenters. The van der Waals surface area contributed by atoms with Gasteiger partial charge in [-0.05, 0) is 12.3 Å². The molecule has 3 heteroatoms. The van der Waals surface area contributed by atoms with Gasteiger partial charge in [0, 0.05) is 11.3 Å². The van der Waals surface area contributed by atoms with E-state index in [1.165, 1.54) is 0 Å². The van der Waals surface area contributed by atoms with Gasteiger partial charge in [0.1, 0.15) is 0 Å². The van der Waals surface area contributed by atoms with E-state index in [0.29, 0.717) is 6.61 Å². The average molecular weight is 170 g/mol. The summed E-state index contributed by atoms with van der Waals surface area (Å²) in [7, 11) is 0. The van der Waals surface area contributed by atoms with Gasteiger partial charge in [0.2, 0.25) is 0 Å². The van der Waals surface area contributed by atoms with E-state index >= 15 is 0 Å². The highest BCUT2D eigenvalue weighted by molar-refractivity contribution is 8.02. The fraction of sp³-hybridized carbons (Fsp3) is 0.375. The minimum atomic E-state index is -0.190. The smallest absolute Gasteiger partial charge is 0.334 e. The molecule has 0 saturated carbocycles. The van der Waals surface area contributed by atoms with Crippen LogP contribution >= 0.6 is 11.8 Å². The third kappa shape index (κ3) is 2.42. The van der Waals surface area contributed by atoms with Crippen molar-refractivity contribution in [1.29, 1.82) is 0 Å². The fourth-order valence-corrected chi connectivity index (χ4v) is 1.43. The van der Waals surface area contributed by atoms with Gasteiger partial charge in [0.25, 0.3) is 0 Å². The Hall–Kier alpha value is -0.700. The Morgan fingerprint density at radius 2 is 2.64 bits per heavy atom. The van der Waals surface area contributed by atoms with Gasteiger partial charge in [-0.2, -0.15) is 0 Å².